The van der Waals surface area contributed by atoms with E-state index in [1.165, 1.54) is 11.1 Å². The second-order valence-electron chi connectivity index (χ2n) is 8.88. The Hall–Kier alpha value is -2.00. The molecule has 30 heavy (non-hydrogen) atoms. The minimum atomic E-state index is 0.226. The third kappa shape index (κ3) is 3.97. The van der Waals surface area contributed by atoms with Crippen LogP contribution < -0.4 is 26.4 Å². The predicted molar refractivity (Wildman–Crippen MR) is 118 cm³/mol. The van der Waals surface area contributed by atoms with E-state index in [4.69, 9.17) is 4.98 Å². The van der Waals surface area contributed by atoms with Crippen molar-refractivity contribution in [1.82, 2.24) is 36.2 Å². The molecule has 3 saturated heterocycles. The number of rotatable bonds is 4. The maximum Gasteiger partial charge on any atom is 0.129 e. The Balaban J connectivity index is 1.37. The third-order valence-electron chi connectivity index (χ3n) is 6.80. The minimum Gasteiger partial charge on any atom is -0.355 e. The summed E-state index contributed by atoms with van der Waals surface area (Å²) in [6.45, 7) is 10.4. The number of fused-ring (bicyclic) bond motifs is 1. The van der Waals surface area contributed by atoms with Crippen LogP contribution in [-0.2, 0) is 6.54 Å². The van der Waals surface area contributed by atoms with Gasteiger partial charge in [0.2, 0.25) is 0 Å². The molecular weight excluding hydrogens is 376 g/mol. The molecule has 162 valence electrons. The van der Waals surface area contributed by atoms with Crippen LogP contribution >= 0.6 is 0 Å². The first-order chi connectivity index (χ1) is 14.7. The molecule has 8 heteroatoms. The predicted octanol–water partition coefficient (Wildman–Crippen LogP) is 1.27. The molecule has 5 rings (SSSR count). The lowest BCUT2D eigenvalue weighted by Gasteiger charge is -2.34. The standard InChI is InChI=1S/C22H34N8/c1-3-30-14-16(12-25-30)18-11-17-20(13-24-18)27-28-22(17)19-9-15(2)10-21(26-19)29-7-4-5-23-6-8-29/h9-10,12,14,17-18,20,22-24,27-28H,3-8,11,13H2,1-2H3. The number of nitrogens with one attached hydrogen (secondary N) is 4. The van der Waals surface area contributed by atoms with Crippen LogP contribution in [0.5, 0.6) is 0 Å². The highest BCUT2D eigenvalue weighted by Crippen LogP contribution is 2.38. The van der Waals surface area contributed by atoms with Crippen molar-refractivity contribution in [2.45, 2.75) is 51.4 Å². The van der Waals surface area contributed by atoms with Gasteiger partial charge in [-0.25, -0.2) is 10.4 Å². The normalized spacial score (nSPS) is 29.6. The highest BCUT2D eigenvalue weighted by atomic mass is 15.4. The number of aromatic nitrogens is 3. The van der Waals surface area contributed by atoms with Gasteiger partial charge in [-0.2, -0.15) is 5.10 Å². The van der Waals surface area contributed by atoms with E-state index in [2.05, 4.69) is 63.7 Å². The molecule has 0 aliphatic carbocycles. The van der Waals surface area contributed by atoms with Gasteiger partial charge in [0.1, 0.15) is 5.82 Å². The SMILES string of the molecule is CCn1cc(C2CC3C(CN2)NNC3c2cc(C)cc(N3CCCNCC3)n2)cn1. The average molecular weight is 411 g/mol. The smallest absolute Gasteiger partial charge is 0.129 e. The molecular formula is C22H34N8. The zero-order valence-corrected chi connectivity index (χ0v) is 18.1. The van der Waals surface area contributed by atoms with Crippen LogP contribution in [0.3, 0.4) is 0 Å². The Morgan fingerprint density at radius 3 is 2.97 bits per heavy atom. The van der Waals surface area contributed by atoms with Crippen LogP contribution in [0.25, 0.3) is 0 Å². The number of anilines is 1. The topological polar surface area (TPSA) is 82.1 Å². The molecule has 3 aliphatic heterocycles. The summed E-state index contributed by atoms with van der Waals surface area (Å²) in [5.74, 6) is 1.61. The van der Waals surface area contributed by atoms with Gasteiger partial charge in [0.25, 0.3) is 0 Å². The van der Waals surface area contributed by atoms with Crippen LogP contribution in [0.15, 0.2) is 24.5 Å². The fourth-order valence-corrected chi connectivity index (χ4v) is 5.12. The number of hydrazine groups is 1. The summed E-state index contributed by atoms with van der Waals surface area (Å²) in [5.41, 5.74) is 10.8. The van der Waals surface area contributed by atoms with Crippen molar-refractivity contribution in [3.63, 3.8) is 0 Å². The number of aryl methyl sites for hydroxylation is 2. The lowest BCUT2D eigenvalue weighted by atomic mass is 9.81. The van der Waals surface area contributed by atoms with Crippen molar-refractivity contribution in [2.75, 3.05) is 37.6 Å². The lowest BCUT2D eigenvalue weighted by Crippen LogP contribution is -2.46. The summed E-state index contributed by atoms with van der Waals surface area (Å²) in [5, 5.41) is 11.7. The molecule has 4 N–H and O–H groups in total. The van der Waals surface area contributed by atoms with E-state index in [-0.39, 0.29) is 6.04 Å². The van der Waals surface area contributed by atoms with Crippen LogP contribution in [0.1, 0.15) is 48.7 Å². The van der Waals surface area contributed by atoms with Gasteiger partial charge in [0, 0.05) is 62.5 Å². The van der Waals surface area contributed by atoms with E-state index in [0.29, 0.717) is 18.0 Å². The second kappa shape index (κ2) is 8.63. The van der Waals surface area contributed by atoms with Crippen LogP contribution in [0, 0.1) is 12.8 Å². The Labute approximate surface area is 178 Å². The molecule has 3 fully saturated rings. The van der Waals surface area contributed by atoms with E-state index in [1.54, 1.807) is 0 Å². The molecule has 2 aromatic heterocycles. The number of piperidine rings is 1. The van der Waals surface area contributed by atoms with E-state index >= 15 is 0 Å². The van der Waals surface area contributed by atoms with Crippen molar-refractivity contribution in [2.24, 2.45) is 5.92 Å². The number of nitrogens with zero attached hydrogens (tertiary/aromatic N) is 4. The van der Waals surface area contributed by atoms with Gasteiger partial charge < -0.3 is 15.5 Å². The van der Waals surface area contributed by atoms with Gasteiger partial charge in [-0.1, -0.05) is 0 Å². The highest BCUT2D eigenvalue weighted by molar-refractivity contribution is 5.43. The van der Waals surface area contributed by atoms with Gasteiger partial charge in [0.15, 0.2) is 0 Å². The van der Waals surface area contributed by atoms with Crippen molar-refractivity contribution in [3.8, 4) is 0 Å². The van der Waals surface area contributed by atoms with Crippen LogP contribution in [0.2, 0.25) is 0 Å². The highest BCUT2D eigenvalue weighted by Gasteiger charge is 2.42. The molecule has 5 heterocycles. The minimum absolute atomic E-state index is 0.226. The van der Waals surface area contributed by atoms with Crippen LogP contribution in [0.4, 0.5) is 5.82 Å². The van der Waals surface area contributed by atoms with Gasteiger partial charge >= 0.3 is 0 Å². The lowest BCUT2D eigenvalue weighted by molar-refractivity contribution is 0.265. The van der Waals surface area contributed by atoms with Gasteiger partial charge in [0.05, 0.1) is 17.9 Å². The second-order valence-corrected chi connectivity index (χ2v) is 8.88. The number of hydrogen-bond donors (Lipinski definition) is 4. The number of pyridine rings is 1. The molecule has 0 bridgehead atoms. The molecule has 0 aromatic carbocycles. The zero-order chi connectivity index (χ0) is 20.5. The Morgan fingerprint density at radius 2 is 2.10 bits per heavy atom. The zero-order valence-electron chi connectivity index (χ0n) is 18.1. The van der Waals surface area contributed by atoms with E-state index in [9.17, 15) is 0 Å². The molecule has 0 amide bonds. The van der Waals surface area contributed by atoms with Crippen LogP contribution in [-0.4, -0.2) is 53.5 Å². The Bertz CT molecular complexity index is 857. The summed E-state index contributed by atoms with van der Waals surface area (Å²) in [6.07, 6.45) is 6.43. The molecule has 8 nitrogen and oxygen atoms in total. The summed E-state index contributed by atoms with van der Waals surface area (Å²) >= 11 is 0. The first kappa shape index (κ1) is 19.9. The average Bonchev–Trinajstić information content (AvgIpc) is 3.32. The monoisotopic (exact) mass is 410 g/mol. The molecule has 0 saturated carbocycles. The maximum absolute atomic E-state index is 5.15. The molecule has 4 atom stereocenters. The molecule has 2 aromatic rings. The summed E-state index contributed by atoms with van der Waals surface area (Å²) in [7, 11) is 0. The van der Waals surface area contributed by atoms with Crippen molar-refractivity contribution < 1.29 is 0 Å². The molecule has 3 aliphatic rings. The van der Waals surface area contributed by atoms with Crippen molar-refractivity contribution in [3.05, 3.63) is 41.3 Å². The molecule has 4 unspecified atom stereocenters. The molecule has 0 spiro atoms. The first-order valence-corrected chi connectivity index (χ1v) is 11.4. The largest absolute Gasteiger partial charge is 0.355 e. The Morgan fingerprint density at radius 1 is 1.17 bits per heavy atom. The summed E-state index contributed by atoms with van der Waals surface area (Å²) in [4.78, 5) is 7.58. The number of hydrogen-bond acceptors (Lipinski definition) is 7. The quantitative estimate of drug-likeness (QED) is 0.604. The van der Waals surface area contributed by atoms with E-state index in [0.717, 1.165) is 63.6 Å². The van der Waals surface area contributed by atoms with Gasteiger partial charge in [-0.3, -0.25) is 10.1 Å². The Kier molecular flexibility index (Phi) is 5.73. The van der Waals surface area contributed by atoms with Crippen molar-refractivity contribution in [1.29, 1.82) is 0 Å². The summed E-state index contributed by atoms with van der Waals surface area (Å²) < 4.78 is 2.01. The van der Waals surface area contributed by atoms with Crippen molar-refractivity contribution >= 4 is 5.82 Å². The fourth-order valence-electron chi connectivity index (χ4n) is 5.12. The third-order valence-corrected chi connectivity index (χ3v) is 6.80. The maximum atomic E-state index is 5.15. The molecule has 0 radical (unpaired) electrons. The first-order valence-electron chi connectivity index (χ1n) is 11.4. The van der Waals surface area contributed by atoms with E-state index in [1.807, 2.05) is 10.9 Å². The fraction of sp³-hybridized carbons (Fsp3) is 0.636. The van der Waals surface area contributed by atoms with E-state index < -0.39 is 0 Å². The summed E-state index contributed by atoms with van der Waals surface area (Å²) in [6, 6.07) is 5.48. The van der Waals surface area contributed by atoms with Gasteiger partial charge in [-0.05, 0) is 50.9 Å². The van der Waals surface area contributed by atoms with Gasteiger partial charge in [-0.15, -0.1) is 0 Å².